The van der Waals surface area contributed by atoms with Crippen LogP contribution in [0.4, 0.5) is 0 Å². The maximum atomic E-state index is 12.5. The molecule has 5 nitrogen and oxygen atoms in total. The number of nitrogens with zero attached hydrogens (tertiary/aromatic N) is 1. The number of amides is 2. The van der Waals surface area contributed by atoms with Crippen LogP contribution in [0.1, 0.15) is 42.7 Å². The molecule has 0 bridgehead atoms. The van der Waals surface area contributed by atoms with Gasteiger partial charge in [0.05, 0.1) is 12.5 Å². The summed E-state index contributed by atoms with van der Waals surface area (Å²) >= 11 is 1.56. The van der Waals surface area contributed by atoms with E-state index >= 15 is 0 Å². The lowest BCUT2D eigenvalue weighted by molar-refractivity contribution is -0.123. The molecule has 1 atom stereocenters. The smallest absolute Gasteiger partial charge is 0.222 e. The number of carbonyl (C=O) groups excluding carboxylic acids is 2. The molecule has 1 aliphatic rings. The van der Waals surface area contributed by atoms with Crippen molar-refractivity contribution in [1.29, 1.82) is 0 Å². The molecule has 1 saturated heterocycles. The maximum absolute atomic E-state index is 12.5. The highest BCUT2D eigenvalue weighted by Crippen LogP contribution is 2.22. The highest BCUT2D eigenvalue weighted by Gasteiger charge is 2.23. The summed E-state index contributed by atoms with van der Waals surface area (Å²) in [5.41, 5.74) is 1.33. The van der Waals surface area contributed by atoms with Crippen LogP contribution < -0.4 is 10.6 Å². The minimum atomic E-state index is -0.249. The lowest BCUT2D eigenvalue weighted by Crippen LogP contribution is -2.45. The monoisotopic (exact) mass is 385 g/mol. The van der Waals surface area contributed by atoms with Gasteiger partial charge in [0, 0.05) is 37.5 Å². The van der Waals surface area contributed by atoms with E-state index in [4.69, 9.17) is 0 Å². The van der Waals surface area contributed by atoms with Gasteiger partial charge in [-0.15, -0.1) is 11.3 Å². The van der Waals surface area contributed by atoms with Gasteiger partial charge in [0.25, 0.3) is 0 Å². The van der Waals surface area contributed by atoms with E-state index in [-0.39, 0.29) is 30.3 Å². The van der Waals surface area contributed by atoms with Crippen molar-refractivity contribution in [3.63, 3.8) is 0 Å². The zero-order valence-corrected chi connectivity index (χ0v) is 16.5. The maximum Gasteiger partial charge on any atom is 0.222 e. The molecular weight excluding hydrogens is 358 g/mol. The second-order valence-corrected chi connectivity index (χ2v) is 8.06. The van der Waals surface area contributed by atoms with E-state index in [0.717, 1.165) is 37.4 Å². The fourth-order valence-electron chi connectivity index (χ4n) is 3.51. The predicted octanol–water partition coefficient (Wildman–Crippen LogP) is 3.10. The number of nitrogens with one attached hydrogen (secondary N) is 2. The normalized spacial score (nSPS) is 16.6. The van der Waals surface area contributed by atoms with E-state index in [1.54, 1.807) is 11.3 Å². The fourth-order valence-corrected chi connectivity index (χ4v) is 4.28. The van der Waals surface area contributed by atoms with Crippen LogP contribution in [-0.2, 0) is 16.1 Å². The van der Waals surface area contributed by atoms with Crippen LogP contribution in [0.15, 0.2) is 47.8 Å². The molecule has 2 N–H and O–H groups in total. The first-order valence-electron chi connectivity index (χ1n) is 9.46. The van der Waals surface area contributed by atoms with Crippen molar-refractivity contribution in [2.45, 2.75) is 44.8 Å². The molecule has 27 heavy (non-hydrogen) atoms. The summed E-state index contributed by atoms with van der Waals surface area (Å²) in [5.74, 6) is -0.112. The molecule has 144 valence electrons. The molecule has 6 heteroatoms. The number of rotatable bonds is 7. The quantitative estimate of drug-likeness (QED) is 0.770. The Morgan fingerprint density at radius 2 is 1.89 bits per heavy atom. The van der Waals surface area contributed by atoms with Crippen molar-refractivity contribution >= 4 is 23.2 Å². The van der Waals surface area contributed by atoms with Crippen LogP contribution in [0.2, 0.25) is 0 Å². The van der Waals surface area contributed by atoms with Crippen molar-refractivity contribution in [3.05, 3.63) is 58.3 Å². The third-order valence-electron chi connectivity index (χ3n) is 4.86. The van der Waals surface area contributed by atoms with E-state index in [9.17, 15) is 9.59 Å². The second-order valence-electron chi connectivity index (χ2n) is 7.08. The SMILES string of the molecule is CC(=O)N[C@@H](CC(=O)NC1CCN(Cc2ccccc2)CC1)c1cccs1. The van der Waals surface area contributed by atoms with Crippen molar-refractivity contribution < 1.29 is 9.59 Å². The zero-order chi connectivity index (χ0) is 19.1. The molecule has 0 radical (unpaired) electrons. The molecule has 1 aromatic heterocycles. The summed E-state index contributed by atoms with van der Waals surface area (Å²) in [4.78, 5) is 27.4. The van der Waals surface area contributed by atoms with Crippen LogP contribution in [0.3, 0.4) is 0 Å². The summed E-state index contributed by atoms with van der Waals surface area (Å²) in [5, 5.41) is 8.01. The van der Waals surface area contributed by atoms with Crippen molar-refractivity contribution in [2.75, 3.05) is 13.1 Å². The van der Waals surface area contributed by atoms with Crippen molar-refractivity contribution in [1.82, 2.24) is 15.5 Å². The third-order valence-corrected chi connectivity index (χ3v) is 5.84. The van der Waals surface area contributed by atoms with Crippen LogP contribution in [0, 0.1) is 0 Å². The molecule has 2 aromatic rings. The standard InChI is InChI=1S/C21H27N3O2S/c1-16(25)22-19(20-8-5-13-27-20)14-21(26)23-18-9-11-24(12-10-18)15-17-6-3-2-4-7-17/h2-8,13,18-19H,9-12,14-15H2,1H3,(H,22,25)(H,23,26)/t19-/m0/s1. The van der Waals surface area contributed by atoms with Gasteiger partial charge in [0.1, 0.15) is 0 Å². The number of piperidine rings is 1. The lowest BCUT2D eigenvalue weighted by atomic mass is 10.0. The van der Waals surface area contributed by atoms with E-state index < -0.39 is 0 Å². The summed E-state index contributed by atoms with van der Waals surface area (Å²) in [6, 6.07) is 14.3. The minimum absolute atomic E-state index is 0.00339. The van der Waals surface area contributed by atoms with Crippen LogP contribution in [-0.4, -0.2) is 35.8 Å². The van der Waals surface area contributed by atoms with Gasteiger partial charge in [-0.2, -0.15) is 0 Å². The van der Waals surface area contributed by atoms with Gasteiger partial charge in [0.15, 0.2) is 0 Å². The molecule has 2 amide bonds. The molecular formula is C21H27N3O2S. The minimum Gasteiger partial charge on any atom is -0.353 e. The number of carbonyl (C=O) groups is 2. The Balaban J connectivity index is 1.45. The summed E-state index contributed by atoms with van der Waals surface area (Å²) in [7, 11) is 0. The van der Waals surface area contributed by atoms with Crippen molar-refractivity contribution in [2.24, 2.45) is 0 Å². The fraction of sp³-hybridized carbons (Fsp3) is 0.429. The molecule has 1 fully saturated rings. The van der Waals surface area contributed by atoms with Gasteiger partial charge in [-0.25, -0.2) is 0 Å². The lowest BCUT2D eigenvalue weighted by Gasteiger charge is -2.32. The Bertz CT molecular complexity index is 725. The van der Waals surface area contributed by atoms with E-state index in [0.29, 0.717) is 0 Å². The number of likely N-dealkylation sites (tertiary alicyclic amines) is 1. The van der Waals surface area contributed by atoms with Crippen LogP contribution in [0.25, 0.3) is 0 Å². The molecule has 2 heterocycles. The summed E-state index contributed by atoms with van der Waals surface area (Å²) in [6.45, 7) is 4.42. The first kappa shape index (κ1) is 19.6. The average molecular weight is 386 g/mol. The van der Waals surface area contributed by atoms with E-state index in [1.165, 1.54) is 12.5 Å². The van der Waals surface area contributed by atoms with Crippen molar-refractivity contribution in [3.8, 4) is 0 Å². The summed E-state index contributed by atoms with van der Waals surface area (Å²) in [6.07, 6.45) is 2.20. The number of hydrogen-bond acceptors (Lipinski definition) is 4. The van der Waals surface area contributed by atoms with Crippen LogP contribution >= 0.6 is 11.3 Å². The highest BCUT2D eigenvalue weighted by atomic mass is 32.1. The van der Waals surface area contributed by atoms with E-state index in [2.05, 4.69) is 39.8 Å². The highest BCUT2D eigenvalue weighted by molar-refractivity contribution is 7.10. The molecule has 0 unspecified atom stereocenters. The Morgan fingerprint density at radius 3 is 2.52 bits per heavy atom. The molecule has 1 aliphatic heterocycles. The predicted molar refractivity (Wildman–Crippen MR) is 108 cm³/mol. The largest absolute Gasteiger partial charge is 0.353 e. The number of thiophene rings is 1. The second kappa shape index (κ2) is 9.67. The Hall–Kier alpha value is -2.18. The zero-order valence-electron chi connectivity index (χ0n) is 15.7. The summed E-state index contributed by atoms with van der Waals surface area (Å²) < 4.78 is 0. The molecule has 1 aromatic carbocycles. The first-order valence-corrected chi connectivity index (χ1v) is 10.3. The van der Waals surface area contributed by atoms with Gasteiger partial charge in [-0.1, -0.05) is 36.4 Å². The van der Waals surface area contributed by atoms with Gasteiger partial charge in [0.2, 0.25) is 11.8 Å². The molecule has 0 spiro atoms. The van der Waals surface area contributed by atoms with Crippen LogP contribution in [0.5, 0.6) is 0 Å². The van der Waals surface area contributed by atoms with Gasteiger partial charge in [-0.3, -0.25) is 14.5 Å². The average Bonchev–Trinajstić information content (AvgIpc) is 3.18. The third kappa shape index (κ3) is 6.19. The Kier molecular flexibility index (Phi) is 7.01. The van der Waals surface area contributed by atoms with Gasteiger partial charge >= 0.3 is 0 Å². The first-order chi connectivity index (χ1) is 13.1. The van der Waals surface area contributed by atoms with Gasteiger partial charge < -0.3 is 10.6 Å². The number of hydrogen-bond donors (Lipinski definition) is 2. The Morgan fingerprint density at radius 1 is 1.15 bits per heavy atom. The topological polar surface area (TPSA) is 61.4 Å². The van der Waals surface area contributed by atoms with E-state index in [1.807, 2.05) is 23.6 Å². The molecule has 0 saturated carbocycles. The molecule has 0 aliphatic carbocycles. The van der Waals surface area contributed by atoms with Gasteiger partial charge in [-0.05, 0) is 29.9 Å². The molecule has 3 rings (SSSR count). The Labute approximate surface area is 164 Å². The number of benzene rings is 1.